The van der Waals surface area contributed by atoms with Crippen LogP contribution in [0.5, 0.6) is 17.5 Å². The van der Waals surface area contributed by atoms with Crippen LogP contribution in [-0.2, 0) is 6.54 Å². The van der Waals surface area contributed by atoms with Crippen molar-refractivity contribution in [1.29, 1.82) is 0 Å². The van der Waals surface area contributed by atoms with Gasteiger partial charge in [0.1, 0.15) is 23.3 Å². The van der Waals surface area contributed by atoms with Crippen molar-refractivity contribution in [2.45, 2.75) is 31.9 Å². The molecule has 9 nitrogen and oxygen atoms in total. The molecular formula is C18H21F3N4O5. The highest BCUT2D eigenvalue weighted by Crippen LogP contribution is 2.31. The molecular weight excluding hydrogens is 409 g/mol. The molecule has 12 heteroatoms. The molecule has 3 rings (SSSR count). The highest BCUT2D eigenvalue weighted by atomic mass is 19.4. The van der Waals surface area contributed by atoms with Gasteiger partial charge in [0.25, 0.3) is 0 Å². The van der Waals surface area contributed by atoms with Gasteiger partial charge in [-0.25, -0.2) is 0 Å². The number of aromatic nitrogens is 2. The Morgan fingerprint density at radius 3 is 2.60 bits per heavy atom. The number of nitro groups is 1. The molecule has 0 fully saturated rings. The van der Waals surface area contributed by atoms with E-state index in [1.54, 1.807) is 4.57 Å². The van der Waals surface area contributed by atoms with Gasteiger partial charge in [0, 0.05) is 18.1 Å². The fourth-order valence-corrected chi connectivity index (χ4v) is 3.28. The Bertz CT molecular complexity index is 861. The smallest absolute Gasteiger partial charge is 0.494 e. The first-order valence-electron chi connectivity index (χ1n) is 9.11. The number of hydrogen-bond donors (Lipinski definition) is 0. The third kappa shape index (κ3) is 5.75. The molecule has 0 amide bonds. The Labute approximate surface area is 170 Å². The lowest BCUT2D eigenvalue weighted by Crippen LogP contribution is -2.43. The first kappa shape index (κ1) is 21.7. The lowest BCUT2D eigenvalue weighted by atomic mass is 10.1. The van der Waals surface area contributed by atoms with Crippen molar-refractivity contribution in [3.63, 3.8) is 0 Å². The molecule has 1 aliphatic heterocycles. The summed E-state index contributed by atoms with van der Waals surface area (Å²) >= 11 is 0. The van der Waals surface area contributed by atoms with Gasteiger partial charge in [-0.15, -0.1) is 13.2 Å². The normalized spacial score (nSPS) is 18.2. The van der Waals surface area contributed by atoms with Gasteiger partial charge in [-0.1, -0.05) is 0 Å². The van der Waals surface area contributed by atoms with Gasteiger partial charge < -0.3 is 29.2 Å². The monoisotopic (exact) mass is 430 g/mol. The van der Waals surface area contributed by atoms with Gasteiger partial charge >= 0.3 is 18.2 Å². The number of benzene rings is 1. The van der Waals surface area contributed by atoms with Gasteiger partial charge in [0.2, 0.25) is 0 Å². The van der Waals surface area contributed by atoms with E-state index in [4.69, 9.17) is 9.47 Å². The molecule has 2 aromatic rings. The summed E-state index contributed by atoms with van der Waals surface area (Å²) in [6.45, 7) is 4.01. The summed E-state index contributed by atoms with van der Waals surface area (Å²) in [5.74, 6) is -0.0921. The molecule has 0 spiro atoms. The number of nitrogens with zero attached hydrogens (tertiary/aromatic N) is 4. The van der Waals surface area contributed by atoms with E-state index < -0.39 is 16.9 Å². The van der Waals surface area contributed by atoms with Crippen LogP contribution in [0.1, 0.15) is 13.3 Å². The number of hydrogen-bond acceptors (Lipinski definition) is 7. The maximum Gasteiger partial charge on any atom is 0.573 e. The third-order valence-electron chi connectivity index (χ3n) is 4.37. The second-order valence-electron chi connectivity index (χ2n) is 7.28. The number of alkyl halides is 3. The highest BCUT2D eigenvalue weighted by molar-refractivity contribution is 5.31. The fraction of sp³-hybridized carbons (Fsp3) is 0.500. The van der Waals surface area contributed by atoms with Crippen molar-refractivity contribution < 1.29 is 32.3 Å². The lowest BCUT2D eigenvalue weighted by molar-refractivity contribution is -0.389. The summed E-state index contributed by atoms with van der Waals surface area (Å²) in [7, 11) is 1.92. The number of likely N-dealkylation sites (N-methyl/N-ethyl adjacent to an activating group) is 1. The predicted octanol–water partition coefficient (Wildman–Crippen LogP) is 3.24. The van der Waals surface area contributed by atoms with Crippen molar-refractivity contribution in [1.82, 2.24) is 14.5 Å². The van der Waals surface area contributed by atoms with Crippen molar-refractivity contribution in [2.24, 2.45) is 0 Å². The van der Waals surface area contributed by atoms with Crippen LogP contribution in [-0.4, -0.2) is 58.1 Å². The molecule has 0 bridgehead atoms. The van der Waals surface area contributed by atoms with Crippen LogP contribution in [0.2, 0.25) is 0 Å². The topological polar surface area (TPSA) is 91.9 Å². The van der Waals surface area contributed by atoms with Crippen LogP contribution >= 0.6 is 0 Å². The minimum Gasteiger partial charge on any atom is -0.494 e. The van der Waals surface area contributed by atoms with Gasteiger partial charge in [-0.2, -0.15) is 0 Å². The van der Waals surface area contributed by atoms with E-state index in [1.807, 2.05) is 18.9 Å². The van der Waals surface area contributed by atoms with E-state index in [0.717, 1.165) is 0 Å². The van der Waals surface area contributed by atoms with Crippen LogP contribution < -0.4 is 14.2 Å². The van der Waals surface area contributed by atoms with Crippen LogP contribution in [0.25, 0.3) is 0 Å². The van der Waals surface area contributed by atoms with E-state index in [1.165, 1.54) is 30.5 Å². The van der Waals surface area contributed by atoms with E-state index in [-0.39, 0.29) is 17.6 Å². The van der Waals surface area contributed by atoms with Crippen LogP contribution in [0.4, 0.5) is 19.0 Å². The Morgan fingerprint density at radius 2 is 2.00 bits per heavy atom. The van der Waals surface area contributed by atoms with E-state index in [0.29, 0.717) is 38.4 Å². The molecule has 0 aliphatic carbocycles. The molecule has 1 aliphatic rings. The number of halogens is 3. The average molecular weight is 430 g/mol. The minimum absolute atomic E-state index is 0.235. The molecule has 0 saturated heterocycles. The zero-order valence-electron chi connectivity index (χ0n) is 16.4. The number of ether oxygens (including phenoxy) is 3. The van der Waals surface area contributed by atoms with Crippen LogP contribution in [0.3, 0.4) is 0 Å². The van der Waals surface area contributed by atoms with Crippen LogP contribution in [0.15, 0.2) is 30.5 Å². The summed E-state index contributed by atoms with van der Waals surface area (Å²) in [6, 6.07) is 5.46. The number of rotatable bonds is 9. The van der Waals surface area contributed by atoms with Crippen molar-refractivity contribution in [3.8, 4) is 17.5 Å². The van der Waals surface area contributed by atoms with Gasteiger partial charge in [0.15, 0.2) is 0 Å². The summed E-state index contributed by atoms with van der Waals surface area (Å²) in [6.07, 6.45) is -2.68. The van der Waals surface area contributed by atoms with E-state index >= 15 is 0 Å². The molecule has 1 aromatic heterocycles. The maximum atomic E-state index is 12.1. The number of imidazole rings is 1. The average Bonchev–Trinajstić information content (AvgIpc) is 3.13. The Balaban J connectivity index is 1.38. The van der Waals surface area contributed by atoms with Crippen molar-refractivity contribution in [2.75, 3.05) is 26.7 Å². The molecule has 1 aromatic carbocycles. The standard InChI is InChI=1S/C18H21F3N4O5/c1-17(12-24-10-15(25(26)27)22-16(24)30-17)11-23(2)8-3-9-28-13-4-6-14(7-5-13)29-18(19,20)21/h4-7,10H,3,8-9,11-12H2,1-2H3/t17-/m0/s1. The molecule has 0 N–H and O–H groups in total. The van der Waals surface area contributed by atoms with Gasteiger partial charge in [-0.3, -0.25) is 4.57 Å². The van der Waals surface area contributed by atoms with Crippen molar-refractivity contribution >= 4 is 5.82 Å². The minimum atomic E-state index is -4.72. The fourth-order valence-electron chi connectivity index (χ4n) is 3.28. The molecule has 2 heterocycles. The van der Waals surface area contributed by atoms with Crippen molar-refractivity contribution in [3.05, 3.63) is 40.6 Å². The first-order valence-corrected chi connectivity index (χ1v) is 9.11. The molecule has 30 heavy (non-hydrogen) atoms. The van der Waals surface area contributed by atoms with Crippen LogP contribution in [0, 0.1) is 10.1 Å². The SMILES string of the molecule is CN(CCCOc1ccc(OC(F)(F)F)cc1)C[C@@]1(C)Cn2cc([N+](=O)[O-])nc2O1. The molecule has 0 radical (unpaired) electrons. The highest BCUT2D eigenvalue weighted by Gasteiger charge is 2.40. The molecule has 0 saturated carbocycles. The summed E-state index contributed by atoms with van der Waals surface area (Å²) < 4.78 is 53.2. The first-order chi connectivity index (χ1) is 14.0. The second kappa shape index (κ2) is 8.38. The van der Waals surface area contributed by atoms with Gasteiger partial charge in [0.05, 0.1) is 13.2 Å². The summed E-state index contributed by atoms with van der Waals surface area (Å²) in [4.78, 5) is 16.1. The largest absolute Gasteiger partial charge is 0.573 e. The Kier molecular flexibility index (Phi) is 6.06. The van der Waals surface area contributed by atoms with E-state index in [9.17, 15) is 23.3 Å². The summed E-state index contributed by atoms with van der Waals surface area (Å²) in [5, 5.41) is 10.8. The quantitative estimate of drug-likeness (QED) is 0.343. The summed E-state index contributed by atoms with van der Waals surface area (Å²) in [5.41, 5.74) is -0.554. The van der Waals surface area contributed by atoms with Gasteiger partial charge in [-0.05, 0) is 49.6 Å². The molecule has 1 atom stereocenters. The number of fused-ring (bicyclic) bond motifs is 1. The lowest BCUT2D eigenvalue weighted by Gasteiger charge is -2.28. The zero-order chi connectivity index (χ0) is 21.9. The second-order valence-corrected chi connectivity index (χ2v) is 7.28. The molecule has 164 valence electrons. The predicted molar refractivity (Wildman–Crippen MR) is 98.6 cm³/mol. The Hall–Kier alpha value is -3.02. The van der Waals surface area contributed by atoms with E-state index in [2.05, 4.69) is 9.72 Å². The maximum absolute atomic E-state index is 12.1. The molecule has 0 unspecified atom stereocenters. The third-order valence-corrected chi connectivity index (χ3v) is 4.37. The Morgan fingerprint density at radius 1 is 1.33 bits per heavy atom. The zero-order valence-corrected chi connectivity index (χ0v) is 16.4.